The lowest BCUT2D eigenvalue weighted by Crippen LogP contribution is -2.47. The molecule has 1 amide bonds. The maximum atomic E-state index is 12.9. The van der Waals surface area contributed by atoms with Crippen molar-refractivity contribution in [1.29, 1.82) is 0 Å². The number of hydrogen-bond acceptors (Lipinski definition) is 8. The van der Waals surface area contributed by atoms with E-state index in [4.69, 9.17) is 14.7 Å². The molecule has 0 radical (unpaired) electrons. The van der Waals surface area contributed by atoms with Gasteiger partial charge in [0.2, 0.25) is 5.91 Å². The number of benzene rings is 2. The normalized spacial score (nSPS) is 14.7. The van der Waals surface area contributed by atoms with E-state index >= 15 is 0 Å². The van der Waals surface area contributed by atoms with E-state index < -0.39 is 0 Å². The van der Waals surface area contributed by atoms with Crippen LogP contribution < -0.4 is 10.6 Å². The van der Waals surface area contributed by atoms with Crippen LogP contribution in [-0.2, 0) is 9.53 Å². The fourth-order valence-electron chi connectivity index (χ4n) is 4.59. The number of pyridine rings is 1. The van der Waals surface area contributed by atoms with Crippen LogP contribution in [-0.4, -0.2) is 68.3 Å². The molecule has 0 spiro atoms. The van der Waals surface area contributed by atoms with Crippen LogP contribution in [0.25, 0.3) is 33.5 Å². The Morgan fingerprint density at radius 1 is 0.974 bits per heavy atom. The Balaban J connectivity index is 1.26. The van der Waals surface area contributed by atoms with Crippen LogP contribution in [0.3, 0.4) is 0 Å². The van der Waals surface area contributed by atoms with Crippen molar-refractivity contribution in [3.05, 3.63) is 79.3 Å². The predicted molar refractivity (Wildman–Crippen MR) is 151 cm³/mol. The van der Waals surface area contributed by atoms with Gasteiger partial charge < -0.3 is 15.4 Å². The summed E-state index contributed by atoms with van der Waals surface area (Å²) < 4.78 is 5.41. The second-order valence-corrected chi connectivity index (χ2v) is 9.35. The molecule has 39 heavy (non-hydrogen) atoms. The number of carbonyl (C=O) groups excluding carboxylic acids is 1. The number of H-pyrrole nitrogens is 1. The molecule has 1 unspecified atom stereocenters. The molecule has 6 rings (SSSR count). The first kappa shape index (κ1) is 24.7. The molecular formula is C29H28N8O2. The third-order valence-electron chi connectivity index (χ3n) is 6.80. The second-order valence-electron chi connectivity index (χ2n) is 9.35. The summed E-state index contributed by atoms with van der Waals surface area (Å²) in [6.45, 7) is 4.70. The van der Waals surface area contributed by atoms with E-state index in [0.29, 0.717) is 36.1 Å². The Morgan fingerprint density at radius 3 is 2.62 bits per heavy atom. The highest BCUT2D eigenvalue weighted by atomic mass is 16.5. The lowest BCUT2D eigenvalue weighted by Gasteiger charge is -2.31. The third kappa shape index (κ3) is 5.47. The van der Waals surface area contributed by atoms with Crippen LogP contribution in [0.15, 0.2) is 79.3 Å². The first-order chi connectivity index (χ1) is 19.1. The number of ether oxygens (including phenoxy) is 1. The molecule has 1 atom stereocenters. The zero-order valence-electron chi connectivity index (χ0n) is 21.5. The first-order valence-corrected chi connectivity index (χ1v) is 12.9. The molecule has 196 valence electrons. The van der Waals surface area contributed by atoms with E-state index in [-0.39, 0.29) is 11.9 Å². The third-order valence-corrected chi connectivity index (χ3v) is 6.80. The Bertz CT molecular complexity index is 1580. The number of nitrogens with zero attached hydrogens (tertiary/aromatic N) is 5. The van der Waals surface area contributed by atoms with Gasteiger partial charge in [0.15, 0.2) is 11.6 Å². The van der Waals surface area contributed by atoms with Crippen molar-refractivity contribution in [3.63, 3.8) is 0 Å². The number of aromatic amines is 1. The molecule has 1 saturated heterocycles. The number of fused-ring (bicyclic) bond motifs is 1. The van der Waals surface area contributed by atoms with Crippen molar-refractivity contribution in [2.75, 3.05) is 36.9 Å². The van der Waals surface area contributed by atoms with Gasteiger partial charge in [-0.3, -0.25) is 19.8 Å². The quantitative estimate of drug-likeness (QED) is 0.287. The Labute approximate surface area is 225 Å². The molecule has 10 nitrogen and oxygen atoms in total. The molecule has 4 heterocycles. The molecule has 0 saturated carbocycles. The first-order valence-electron chi connectivity index (χ1n) is 12.9. The highest BCUT2D eigenvalue weighted by Gasteiger charge is 2.23. The van der Waals surface area contributed by atoms with Gasteiger partial charge in [0, 0.05) is 48.0 Å². The molecule has 1 aliphatic rings. The van der Waals surface area contributed by atoms with Gasteiger partial charge in [-0.25, -0.2) is 9.97 Å². The van der Waals surface area contributed by atoms with Crippen molar-refractivity contribution < 1.29 is 9.53 Å². The molecule has 0 aliphatic carbocycles. The number of anilines is 3. The molecular weight excluding hydrogens is 492 g/mol. The maximum absolute atomic E-state index is 12.9. The van der Waals surface area contributed by atoms with Crippen LogP contribution in [0.4, 0.5) is 17.2 Å². The van der Waals surface area contributed by atoms with Crippen molar-refractivity contribution in [2.24, 2.45) is 0 Å². The van der Waals surface area contributed by atoms with E-state index in [2.05, 4.69) is 30.7 Å². The Morgan fingerprint density at radius 2 is 1.82 bits per heavy atom. The van der Waals surface area contributed by atoms with E-state index in [0.717, 1.165) is 41.0 Å². The summed E-state index contributed by atoms with van der Waals surface area (Å²) in [6, 6.07) is 19.1. The van der Waals surface area contributed by atoms with Gasteiger partial charge in [-0.1, -0.05) is 24.3 Å². The van der Waals surface area contributed by atoms with Crippen LogP contribution in [0.2, 0.25) is 0 Å². The van der Waals surface area contributed by atoms with Crippen molar-refractivity contribution in [2.45, 2.75) is 13.0 Å². The number of hydrogen-bond donors (Lipinski definition) is 3. The standard InChI is InChI=1S/C29H28N8O2/c1-19(37-12-14-39-15-13-37)29(38)34-24-5-2-4-21(16-24)27-35-25-6-3-11-30-26(25)28(36-27)33-23-9-7-20(8-10-23)22-17-31-32-18-22/h2-11,16-19H,12-15H2,1H3,(H,31,32)(H,34,38)(H,33,35,36). The van der Waals surface area contributed by atoms with E-state index in [1.54, 1.807) is 12.4 Å². The van der Waals surface area contributed by atoms with Gasteiger partial charge in [-0.15, -0.1) is 0 Å². The van der Waals surface area contributed by atoms with Crippen LogP contribution in [0.5, 0.6) is 0 Å². The van der Waals surface area contributed by atoms with Gasteiger partial charge in [-0.2, -0.15) is 5.10 Å². The summed E-state index contributed by atoms with van der Waals surface area (Å²) in [6.07, 6.45) is 5.37. The monoisotopic (exact) mass is 520 g/mol. The van der Waals surface area contributed by atoms with Gasteiger partial charge in [-0.05, 0) is 48.9 Å². The fourth-order valence-corrected chi connectivity index (χ4v) is 4.59. The molecule has 1 aliphatic heterocycles. The van der Waals surface area contributed by atoms with Gasteiger partial charge >= 0.3 is 0 Å². The SMILES string of the molecule is CC(C(=O)Nc1cccc(-c2nc(Nc3ccc(-c4cn[nH]c4)cc3)c3ncccc3n2)c1)N1CCOCC1. The number of nitrogens with one attached hydrogen (secondary N) is 3. The summed E-state index contributed by atoms with van der Waals surface area (Å²) >= 11 is 0. The van der Waals surface area contributed by atoms with E-state index in [1.807, 2.05) is 73.8 Å². The number of carbonyl (C=O) groups is 1. The van der Waals surface area contributed by atoms with Crippen LogP contribution >= 0.6 is 0 Å². The highest BCUT2D eigenvalue weighted by Crippen LogP contribution is 2.28. The summed E-state index contributed by atoms with van der Waals surface area (Å²) in [5.74, 6) is 1.08. The predicted octanol–water partition coefficient (Wildman–Crippen LogP) is 4.48. The molecule has 5 aromatic rings. The van der Waals surface area contributed by atoms with Gasteiger partial charge in [0.25, 0.3) is 0 Å². The molecule has 10 heteroatoms. The largest absolute Gasteiger partial charge is 0.379 e. The smallest absolute Gasteiger partial charge is 0.241 e. The summed E-state index contributed by atoms with van der Waals surface area (Å²) in [7, 11) is 0. The Kier molecular flexibility index (Phi) is 6.94. The zero-order valence-corrected chi connectivity index (χ0v) is 21.5. The van der Waals surface area contributed by atoms with Crippen molar-refractivity contribution >= 4 is 34.1 Å². The maximum Gasteiger partial charge on any atom is 0.241 e. The number of rotatable bonds is 7. The number of amides is 1. The lowest BCUT2D eigenvalue weighted by molar-refractivity contribution is -0.122. The highest BCUT2D eigenvalue weighted by molar-refractivity contribution is 5.95. The molecule has 3 aromatic heterocycles. The van der Waals surface area contributed by atoms with E-state index in [1.165, 1.54) is 0 Å². The van der Waals surface area contributed by atoms with Gasteiger partial charge in [0.05, 0.1) is 31.0 Å². The summed E-state index contributed by atoms with van der Waals surface area (Å²) in [5.41, 5.74) is 5.82. The Hall–Kier alpha value is -4.67. The van der Waals surface area contributed by atoms with Crippen LogP contribution in [0, 0.1) is 0 Å². The van der Waals surface area contributed by atoms with Crippen molar-refractivity contribution in [3.8, 4) is 22.5 Å². The second kappa shape index (κ2) is 11.0. The average molecular weight is 521 g/mol. The minimum Gasteiger partial charge on any atom is -0.379 e. The average Bonchev–Trinajstić information content (AvgIpc) is 3.53. The topological polar surface area (TPSA) is 121 Å². The molecule has 3 N–H and O–H groups in total. The van der Waals surface area contributed by atoms with Crippen molar-refractivity contribution in [1.82, 2.24) is 30.0 Å². The number of aromatic nitrogens is 5. The summed E-state index contributed by atoms with van der Waals surface area (Å²) in [5, 5.41) is 13.3. The molecule has 1 fully saturated rings. The minimum absolute atomic E-state index is 0.0566. The van der Waals surface area contributed by atoms with E-state index in [9.17, 15) is 4.79 Å². The minimum atomic E-state index is -0.253. The number of morpholine rings is 1. The fraction of sp³-hybridized carbons (Fsp3) is 0.207. The lowest BCUT2D eigenvalue weighted by atomic mass is 10.1. The summed E-state index contributed by atoms with van der Waals surface area (Å²) in [4.78, 5) is 29.2. The zero-order chi connectivity index (χ0) is 26.6. The van der Waals surface area contributed by atoms with Crippen LogP contribution in [0.1, 0.15) is 6.92 Å². The molecule has 2 aromatic carbocycles. The van der Waals surface area contributed by atoms with Gasteiger partial charge in [0.1, 0.15) is 5.52 Å². The molecule has 0 bridgehead atoms.